The number of hydrogen-bond donors (Lipinski definition) is 8. The average molecular weight is 566 g/mol. The Kier molecular flexibility index (Phi) is 17.5. The summed E-state index contributed by atoms with van der Waals surface area (Å²) in [6.45, 7) is 1.65. The van der Waals surface area contributed by atoms with Gasteiger partial charge in [0, 0.05) is 0 Å². The van der Waals surface area contributed by atoms with E-state index in [-0.39, 0.29) is 0 Å². The van der Waals surface area contributed by atoms with E-state index in [2.05, 4.69) is 12.2 Å². The Morgan fingerprint density at radius 1 is 0.564 bits per heavy atom. The number of aliphatic hydroxyl groups is 7. The lowest BCUT2D eigenvalue weighted by molar-refractivity contribution is -0.343. The van der Waals surface area contributed by atoms with Gasteiger partial charge in [-0.25, -0.2) is 0 Å². The predicted octanol–water partition coefficient (Wildman–Crippen LogP) is 0.681. The summed E-state index contributed by atoms with van der Waals surface area (Å²) in [7, 11) is 0. The van der Waals surface area contributed by atoms with Gasteiger partial charge in [-0.15, -0.1) is 0 Å². The third-order valence-electron chi connectivity index (χ3n) is 7.88. The molecule has 0 aromatic heterocycles. The molecule has 39 heavy (non-hydrogen) atoms. The Hall–Kier alpha value is -0.440. The second-order valence-electron chi connectivity index (χ2n) is 11.1. The highest BCUT2D eigenvalue weighted by atomic mass is 16.7. The largest absolute Gasteiger partial charge is 0.394 e. The Bertz CT molecular complexity index is 613. The summed E-state index contributed by atoms with van der Waals surface area (Å²) in [5.41, 5.74) is 0. The fourth-order valence-corrected chi connectivity index (χ4v) is 5.32. The second-order valence-corrected chi connectivity index (χ2v) is 11.1. The molecule has 8 N–H and O–H groups in total. The molecule has 232 valence electrons. The molecule has 0 unspecified atom stereocenters. The van der Waals surface area contributed by atoms with Gasteiger partial charge in [-0.2, -0.15) is 0 Å². The smallest absolute Gasteiger partial charge is 0.187 e. The van der Waals surface area contributed by atoms with Gasteiger partial charge in [0.1, 0.15) is 55.1 Å². The molecule has 11 nitrogen and oxygen atoms in total. The van der Waals surface area contributed by atoms with Crippen LogP contribution in [0.3, 0.4) is 0 Å². The fraction of sp³-hybridized carbons (Fsp3) is 1.00. The van der Waals surface area contributed by atoms with Crippen LogP contribution in [-0.2, 0) is 14.2 Å². The Balaban J connectivity index is 1.62. The lowest BCUT2D eigenvalue weighted by Gasteiger charge is -2.46. The van der Waals surface area contributed by atoms with Crippen molar-refractivity contribution < 1.29 is 50.0 Å². The van der Waals surface area contributed by atoms with E-state index in [1.54, 1.807) is 0 Å². The minimum absolute atomic E-state index is 0.539. The first-order valence-corrected chi connectivity index (χ1v) is 15.2. The van der Waals surface area contributed by atoms with Crippen LogP contribution in [0.5, 0.6) is 0 Å². The van der Waals surface area contributed by atoms with E-state index in [4.69, 9.17) is 14.2 Å². The van der Waals surface area contributed by atoms with Crippen LogP contribution in [0.25, 0.3) is 0 Å². The summed E-state index contributed by atoms with van der Waals surface area (Å²) in [4.78, 5) is 0. The van der Waals surface area contributed by atoms with Crippen molar-refractivity contribution in [3.63, 3.8) is 0 Å². The molecule has 0 aromatic carbocycles. The van der Waals surface area contributed by atoms with Crippen molar-refractivity contribution in [3.05, 3.63) is 0 Å². The monoisotopic (exact) mass is 565 g/mol. The molecule has 0 aliphatic carbocycles. The zero-order valence-electron chi connectivity index (χ0n) is 23.6. The quantitative estimate of drug-likeness (QED) is 0.0972. The van der Waals surface area contributed by atoms with E-state index in [0.29, 0.717) is 6.54 Å². The number of hydrogen-bond acceptors (Lipinski definition) is 11. The molecule has 2 aliphatic rings. The highest BCUT2D eigenvalue weighted by Gasteiger charge is 2.50. The van der Waals surface area contributed by atoms with E-state index in [1.807, 2.05) is 0 Å². The van der Waals surface area contributed by atoms with Crippen molar-refractivity contribution in [2.75, 3.05) is 19.8 Å². The number of nitrogens with one attached hydrogen (secondary N) is 1. The van der Waals surface area contributed by atoms with E-state index in [0.717, 1.165) is 19.3 Å². The van der Waals surface area contributed by atoms with Crippen LogP contribution in [0.1, 0.15) is 96.8 Å². The van der Waals surface area contributed by atoms with Gasteiger partial charge in [-0.1, -0.05) is 90.4 Å². The molecule has 11 heteroatoms. The minimum atomic E-state index is -1.68. The van der Waals surface area contributed by atoms with Crippen LogP contribution in [0, 0.1) is 0 Å². The van der Waals surface area contributed by atoms with Gasteiger partial charge in [-0.05, 0) is 13.0 Å². The van der Waals surface area contributed by atoms with Gasteiger partial charge in [0.25, 0.3) is 0 Å². The highest BCUT2D eigenvalue weighted by molar-refractivity contribution is 4.95. The third-order valence-corrected chi connectivity index (χ3v) is 7.88. The molecule has 0 aromatic rings. The van der Waals surface area contributed by atoms with Crippen LogP contribution in [-0.4, -0.2) is 117 Å². The van der Waals surface area contributed by atoms with Crippen LogP contribution in [0.4, 0.5) is 0 Å². The first-order chi connectivity index (χ1) is 18.8. The molecular weight excluding hydrogens is 510 g/mol. The zero-order chi connectivity index (χ0) is 28.6. The molecule has 2 saturated heterocycles. The zero-order valence-corrected chi connectivity index (χ0v) is 23.6. The molecule has 2 rings (SSSR count). The molecular formula is C28H55NO10. The van der Waals surface area contributed by atoms with E-state index in [9.17, 15) is 35.7 Å². The second kappa shape index (κ2) is 19.6. The molecule has 2 heterocycles. The maximum Gasteiger partial charge on any atom is 0.187 e. The van der Waals surface area contributed by atoms with E-state index in [1.165, 1.54) is 70.6 Å². The van der Waals surface area contributed by atoms with Crippen molar-refractivity contribution in [3.8, 4) is 0 Å². The van der Waals surface area contributed by atoms with Gasteiger partial charge in [0.2, 0.25) is 0 Å². The Morgan fingerprint density at radius 3 is 1.59 bits per heavy atom. The van der Waals surface area contributed by atoms with Gasteiger partial charge >= 0.3 is 0 Å². The van der Waals surface area contributed by atoms with Gasteiger partial charge < -0.3 is 50.0 Å². The lowest BCUT2D eigenvalue weighted by Crippen LogP contribution is -2.66. The minimum Gasteiger partial charge on any atom is -0.394 e. The van der Waals surface area contributed by atoms with Crippen LogP contribution in [0.2, 0.25) is 0 Å². The Morgan fingerprint density at radius 2 is 1.08 bits per heavy atom. The van der Waals surface area contributed by atoms with Gasteiger partial charge in [0.15, 0.2) is 6.29 Å². The Labute approximate surface area is 233 Å². The van der Waals surface area contributed by atoms with Gasteiger partial charge in [-0.3, -0.25) is 5.32 Å². The molecule has 0 radical (unpaired) electrons. The summed E-state index contributed by atoms with van der Waals surface area (Å²) in [6.07, 6.45) is 3.90. The molecule has 2 aliphatic heterocycles. The normalized spacial score (nSPS) is 35.4. The summed E-state index contributed by atoms with van der Waals surface area (Å²) >= 11 is 0. The van der Waals surface area contributed by atoms with Crippen molar-refractivity contribution in [2.24, 2.45) is 0 Å². The molecule has 0 bridgehead atoms. The van der Waals surface area contributed by atoms with Crippen molar-refractivity contribution in [1.82, 2.24) is 5.32 Å². The topological polar surface area (TPSA) is 181 Å². The van der Waals surface area contributed by atoms with Crippen molar-refractivity contribution >= 4 is 0 Å². The standard InChI is InChI=1S/C28H55NO10/c1-2-3-4-5-6-7-8-9-10-11-12-13-14-15-16-29-27-24(35)23(34)26(20(18-31)37-27)39-28-25(36)22(33)21(32)19(17-30)38-28/h19-36H,2-18H2,1H3/t19-,20-,21+,22+,23-,24-,25-,26-,27+,28+/m1/s1. The molecule has 0 spiro atoms. The van der Waals surface area contributed by atoms with Crippen LogP contribution in [0.15, 0.2) is 0 Å². The number of unbranched alkanes of at least 4 members (excludes halogenated alkanes) is 13. The number of ether oxygens (including phenoxy) is 3. The molecule has 2 fully saturated rings. The van der Waals surface area contributed by atoms with E-state index >= 15 is 0 Å². The third kappa shape index (κ3) is 11.4. The molecule has 10 atom stereocenters. The van der Waals surface area contributed by atoms with E-state index < -0.39 is 74.6 Å². The number of aliphatic hydroxyl groups excluding tert-OH is 7. The SMILES string of the molecule is CCCCCCCCCCCCCCCCN[C@H]1O[C@H](CO)[C@@H](O[C@@H]2O[C@H](CO)[C@H](O)[C@H](O)[C@H]2O)[C@H](O)[C@H]1O. The highest BCUT2D eigenvalue weighted by Crippen LogP contribution is 2.28. The average Bonchev–Trinajstić information content (AvgIpc) is 2.94. The summed E-state index contributed by atoms with van der Waals surface area (Å²) in [6, 6.07) is 0. The summed E-state index contributed by atoms with van der Waals surface area (Å²) in [5.74, 6) is 0. The lowest BCUT2D eigenvalue weighted by atomic mass is 9.96. The first-order valence-electron chi connectivity index (χ1n) is 15.2. The first kappa shape index (κ1) is 34.8. The maximum atomic E-state index is 10.7. The van der Waals surface area contributed by atoms with Crippen molar-refractivity contribution in [1.29, 1.82) is 0 Å². The molecule has 0 amide bonds. The molecule has 0 saturated carbocycles. The predicted molar refractivity (Wildman–Crippen MR) is 145 cm³/mol. The van der Waals surface area contributed by atoms with Crippen molar-refractivity contribution in [2.45, 2.75) is 158 Å². The fourth-order valence-electron chi connectivity index (χ4n) is 5.32. The van der Waals surface area contributed by atoms with Crippen LogP contribution < -0.4 is 5.32 Å². The van der Waals surface area contributed by atoms with Crippen LogP contribution >= 0.6 is 0 Å². The maximum absolute atomic E-state index is 10.7. The number of rotatable bonds is 20. The summed E-state index contributed by atoms with van der Waals surface area (Å²) < 4.78 is 16.6. The van der Waals surface area contributed by atoms with Gasteiger partial charge in [0.05, 0.1) is 13.2 Å². The summed E-state index contributed by atoms with van der Waals surface area (Å²) in [5, 5.41) is 73.6.